The van der Waals surface area contributed by atoms with E-state index in [1.807, 2.05) is 7.05 Å². The third-order valence-corrected chi connectivity index (χ3v) is 3.84. The Morgan fingerprint density at radius 3 is 2.47 bits per heavy atom. The van der Waals surface area contributed by atoms with E-state index >= 15 is 0 Å². The van der Waals surface area contributed by atoms with Crippen LogP contribution in [0.5, 0.6) is 0 Å². The van der Waals surface area contributed by atoms with Gasteiger partial charge in [0, 0.05) is 12.2 Å². The van der Waals surface area contributed by atoms with Gasteiger partial charge in [-0.3, -0.25) is 4.68 Å². The fourth-order valence-corrected chi connectivity index (χ4v) is 2.79. The van der Waals surface area contributed by atoms with Gasteiger partial charge >= 0.3 is 6.18 Å². The van der Waals surface area contributed by atoms with Crippen molar-refractivity contribution in [3.63, 3.8) is 0 Å². The Kier molecular flexibility index (Phi) is 4.50. The van der Waals surface area contributed by atoms with Crippen molar-refractivity contribution in [3.8, 4) is 0 Å². The molecule has 0 bridgehead atoms. The molecule has 2 rings (SSSR count). The van der Waals surface area contributed by atoms with Gasteiger partial charge in [0.15, 0.2) is 5.69 Å². The highest BCUT2D eigenvalue weighted by Gasteiger charge is 2.34. The average molecular weight is 275 g/mol. The minimum Gasteiger partial charge on any atom is -0.315 e. The molecule has 108 valence electrons. The number of hydrogen-bond acceptors (Lipinski definition) is 2. The molecule has 0 amide bonds. The van der Waals surface area contributed by atoms with Crippen LogP contribution in [0.15, 0.2) is 12.3 Å². The summed E-state index contributed by atoms with van der Waals surface area (Å²) in [4.78, 5) is 0. The van der Waals surface area contributed by atoms with Crippen LogP contribution in [0, 0.1) is 0 Å². The number of nitrogens with zero attached hydrogens (tertiary/aromatic N) is 2. The van der Waals surface area contributed by atoms with E-state index in [9.17, 15) is 13.2 Å². The van der Waals surface area contributed by atoms with Crippen LogP contribution >= 0.6 is 0 Å². The van der Waals surface area contributed by atoms with Gasteiger partial charge in [0.2, 0.25) is 0 Å². The Hall–Kier alpha value is -1.04. The van der Waals surface area contributed by atoms with Crippen molar-refractivity contribution in [1.29, 1.82) is 0 Å². The Bertz CT molecular complexity index is 400. The number of aromatic nitrogens is 2. The van der Waals surface area contributed by atoms with E-state index in [-0.39, 0.29) is 12.1 Å². The van der Waals surface area contributed by atoms with E-state index in [0.29, 0.717) is 0 Å². The van der Waals surface area contributed by atoms with Crippen LogP contribution in [-0.4, -0.2) is 22.9 Å². The van der Waals surface area contributed by atoms with E-state index in [1.54, 1.807) is 0 Å². The van der Waals surface area contributed by atoms with E-state index in [4.69, 9.17) is 0 Å². The summed E-state index contributed by atoms with van der Waals surface area (Å²) in [5.74, 6) is 0. The van der Waals surface area contributed by atoms with Crippen LogP contribution in [0.1, 0.15) is 50.3 Å². The molecule has 3 nitrogen and oxygen atoms in total. The Balaban J connectivity index is 2.18. The van der Waals surface area contributed by atoms with E-state index in [2.05, 4.69) is 10.4 Å². The highest BCUT2D eigenvalue weighted by Crippen LogP contribution is 2.30. The number of likely N-dealkylation sites (N-methyl/N-ethyl adjacent to an activating group) is 1. The van der Waals surface area contributed by atoms with Gasteiger partial charge in [-0.1, -0.05) is 25.7 Å². The van der Waals surface area contributed by atoms with Crippen molar-refractivity contribution < 1.29 is 13.2 Å². The second kappa shape index (κ2) is 5.94. The highest BCUT2D eigenvalue weighted by atomic mass is 19.4. The van der Waals surface area contributed by atoms with Crippen molar-refractivity contribution in [3.05, 3.63) is 18.0 Å². The SMILES string of the molecule is CNC1CCCCCCC1n1ccc(C(F)(F)F)n1. The molecular weight excluding hydrogens is 255 g/mol. The predicted octanol–water partition coefficient (Wildman–Crippen LogP) is 3.39. The van der Waals surface area contributed by atoms with Gasteiger partial charge in [-0.2, -0.15) is 18.3 Å². The van der Waals surface area contributed by atoms with Crippen molar-refractivity contribution in [2.75, 3.05) is 7.05 Å². The topological polar surface area (TPSA) is 29.9 Å². The normalized spacial score (nSPS) is 25.9. The second-order valence-electron chi connectivity index (χ2n) is 5.13. The highest BCUT2D eigenvalue weighted by molar-refractivity contribution is 5.04. The average Bonchev–Trinajstić information content (AvgIpc) is 2.78. The van der Waals surface area contributed by atoms with Crippen LogP contribution in [0.2, 0.25) is 0 Å². The minimum atomic E-state index is -4.36. The standard InChI is InChI=1S/C13H20F3N3/c1-17-10-6-4-2-3-5-7-11(10)19-9-8-12(18-19)13(14,15)16/h8-11,17H,2-7H2,1H3. The molecule has 19 heavy (non-hydrogen) atoms. The molecular formula is C13H20F3N3. The van der Waals surface area contributed by atoms with Crippen LogP contribution in [0.4, 0.5) is 13.2 Å². The number of nitrogens with one attached hydrogen (secondary N) is 1. The molecule has 1 heterocycles. The number of rotatable bonds is 2. The lowest BCUT2D eigenvalue weighted by atomic mass is 9.92. The molecule has 1 saturated carbocycles. The molecule has 6 heteroatoms. The van der Waals surface area contributed by atoms with Crippen molar-refractivity contribution in [1.82, 2.24) is 15.1 Å². The monoisotopic (exact) mass is 275 g/mol. The van der Waals surface area contributed by atoms with Gasteiger partial charge in [-0.05, 0) is 26.0 Å². The Morgan fingerprint density at radius 1 is 1.21 bits per heavy atom. The summed E-state index contributed by atoms with van der Waals surface area (Å²) in [5.41, 5.74) is -0.801. The fourth-order valence-electron chi connectivity index (χ4n) is 2.79. The predicted molar refractivity (Wildman–Crippen MR) is 66.8 cm³/mol. The van der Waals surface area contributed by atoms with Gasteiger partial charge in [-0.15, -0.1) is 0 Å². The second-order valence-corrected chi connectivity index (χ2v) is 5.13. The first-order chi connectivity index (χ1) is 9.02. The molecule has 0 radical (unpaired) electrons. The Morgan fingerprint density at radius 2 is 1.89 bits per heavy atom. The first kappa shape index (κ1) is 14.4. The lowest BCUT2D eigenvalue weighted by molar-refractivity contribution is -0.141. The molecule has 0 spiro atoms. The zero-order chi connectivity index (χ0) is 13.9. The summed E-state index contributed by atoms with van der Waals surface area (Å²) in [6.45, 7) is 0. The molecule has 1 aromatic heterocycles. The summed E-state index contributed by atoms with van der Waals surface area (Å²) in [6, 6.07) is 1.27. The van der Waals surface area contributed by atoms with Crippen LogP contribution < -0.4 is 5.32 Å². The lowest BCUT2D eigenvalue weighted by Crippen LogP contribution is -2.36. The molecule has 1 aliphatic carbocycles. The van der Waals surface area contributed by atoms with Crippen LogP contribution in [0.25, 0.3) is 0 Å². The van der Waals surface area contributed by atoms with Crippen LogP contribution in [0.3, 0.4) is 0 Å². The lowest BCUT2D eigenvalue weighted by Gasteiger charge is -2.29. The first-order valence-electron chi connectivity index (χ1n) is 6.82. The Labute approximate surface area is 111 Å². The molecule has 1 aliphatic rings. The quantitative estimate of drug-likeness (QED) is 0.896. The van der Waals surface area contributed by atoms with E-state index in [1.165, 1.54) is 17.3 Å². The van der Waals surface area contributed by atoms with Gasteiger partial charge in [-0.25, -0.2) is 0 Å². The van der Waals surface area contributed by atoms with Crippen LogP contribution in [-0.2, 0) is 6.18 Å². The zero-order valence-corrected chi connectivity index (χ0v) is 11.1. The van der Waals surface area contributed by atoms with Gasteiger partial charge < -0.3 is 5.32 Å². The molecule has 0 aromatic carbocycles. The summed E-state index contributed by atoms with van der Waals surface area (Å²) in [7, 11) is 1.87. The molecule has 2 atom stereocenters. The number of hydrogen-bond donors (Lipinski definition) is 1. The molecule has 0 aliphatic heterocycles. The molecule has 1 fully saturated rings. The van der Waals surface area contributed by atoms with Crippen molar-refractivity contribution in [2.24, 2.45) is 0 Å². The number of alkyl halides is 3. The fraction of sp³-hybridized carbons (Fsp3) is 0.769. The van der Waals surface area contributed by atoms with E-state index < -0.39 is 11.9 Å². The van der Waals surface area contributed by atoms with Gasteiger partial charge in [0.25, 0.3) is 0 Å². The van der Waals surface area contributed by atoms with E-state index in [0.717, 1.165) is 38.2 Å². The third-order valence-electron chi connectivity index (χ3n) is 3.84. The summed E-state index contributed by atoms with van der Waals surface area (Å²) >= 11 is 0. The smallest absolute Gasteiger partial charge is 0.315 e. The van der Waals surface area contributed by atoms with Gasteiger partial charge in [0.05, 0.1) is 6.04 Å². The summed E-state index contributed by atoms with van der Waals surface area (Å²) < 4.78 is 39.3. The maximum absolute atomic E-state index is 12.6. The molecule has 1 aromatic rings. The minimum absolute atomic E-state index is 0.0152. The molecule has 2 unspecified atom stereocenters. The summed E-state index contributed by atoms with van der Waals surface area (Å²) in [5, 5.41) is 6.95. The maximum atomic E-state index is 12.6. The number of halogens is 3. The third kappa shape index (κ3) is 3.49. The molecule has 0 saturated heterocycles. The van der Waals surface area contributed by atoms with Crippen molar-refractivity contribution in [2.45, 2.75) is 56.8 Å². The molecule has 1 N–H and O–H groups in total. The largest absolute Gasteiger partial charge is 0.435 e. The first-order valence-corrected chi connectivity index (χ1v) is 6.82. The zero-order valence-electron chi connectivity index (χ0n) is 11.1. The summed E-state index contributed by atoms with van der Waals surface area (Å²) in [6.07, 6.45) is 3.49. The van der Waals surface area contributed by atoms with Gasteiger partial charge in [0.1, 0.15) is 0 Å². The van der Waals surface area contributed by atoms with Crippen molar-refractivity contribution >= 4 is 0 Å². The maximum Gasteiger partial charge on any atom is 0.435 e.